The number of rotatable bonds is 2. The second-order valence-corrected chi connectivity index (χ2v) is 6.75. The number of fused-ring (bicyclic) bond motifs is 1. The number of benzene rings is 2. The van der Waals surface area contributed by atoms with Crippen LogP contribution in [0.15, 0.2) is 40.9 Å². The number of nitrogens with two attached hydrogens (primary N) is 1. The Morgan fingerprint density at radius 3 is 2.86 bits per heavy atom. The first-order valence-electron chi connectivity index (χ1n) is 6.26. The van der Waals surface area contributed by atoms with Gasteiger partial charge in [0.1, 0.15) is 0 Å². The van der Waals surface area contributed by atoms with E-state index in [0.717, 1.165) is 25.4 Å². The standard InChI is InChI=1S/C15H12BrN3OS/c1-8-18-13-5-3-10(7-14(13)21-8)19-15(20)11-4-2-9(16)6-12(11)17/h2-7H,17H2,1H3,(H,19,20). The first-order chi connectivity index (χ1) is 10.0. The van der Waals surface area contributed by atoms with Gasteiger partial charge in [0.2, 0.25) is 0 Å². The van der Waals surface area contributed by atoms with E-state index < -0.39 is 0 Å². The highest BCUT2D eigenvalue weighted by molar-refractivity contribution is 9.10. The number of carbonyl (C=O) groups excluding carboxylic acids is 1. The molecule has 3 rings (SSSR count). The molecule has 3 N–H and O–H groups in total. The lowest BCUT2D eigenvalue weighted by Gasteiger charge is -2.08. The molecule has 0 aliphatic carbocycles. The largest absolute Gasteiger partial charge is 0.398 e. The lowest BCUT2D eigenvalue weighted by molar-refractivity contribution is 0.102. The zero-order valence-corrected chi connectivity index (χ0v) is 13.6. The van der Waals surface area contributed by atoms with Crippen molar-refractivity contribution in [2.45, 2.75) is 6.92 Å². The number of amides is 1. The molecule has 0 bridgehead atoms. The van der Waals surface area contributed by atoms with Crippen molar-refractivity contribution < 1.29 is 4.79 Å². The number of aromatic nitrogens is 1. The van der Waals surface area contributed by atoms with Crippen molar-refractivity contribution in [3.63, 3.8) is 0 Å². The Morgan fingerprint density at radius 1 is 1.29 bits per heavy atom. The number of thiazole rings is 1. The van der Waals surface area contributed by atoms with Gasteiger partial charge < -0.3 is 11.1 Å². The van der Waals surface area contributed by atoms with Crippen LogP contribution in [0, 0.1) is 6.92 Å². The molecular weight excluding hydrogens is 350 g/mol. The fourth-order valence-corrected chi connectivity index (χ4v) is 3.30. The van der Waals surface area contributed by atoms with E-state index in [0.29, 0.717) is 11.3 Å². The number of nitrogens with zero attached hydrogens (tertiary/aromatic N) is 1. The van der Waals surface area contributed by atoms with Crippen LogP contribution in [-0.2, 0) is 0 Å². The lowest BCUT2D eigenvalue weighted by atomic mass is 10.1. The summed E-state index contributed by atoms with van der Waals surface area (Å²) in [4.78, 5) is 16.7. The molecule has 0 aliphatic heterocycles. The van der Waals surface area contributed by atoms with E-state index in [1.54, 1.807) is 29.5 Å². The second kappa shape index (κ2) is 5.46. The fraction of sp³-hybridized carbons (Fsp3) is 0.0667. The molecular formula is C15H12BrN3OS. The number of hydrogen-bond acceptors (Lipinski definition) is 4. The second-order valence-electron chi connectivity index (χ2n) is 4.60. The average molecular weight is 362 g/mol. The zero-order chi connectivity index (χ0) is 15.0. The van der Waals surface area contributed by atoms with Crippen LogP contribution < -0.4 is 11.1 Å². The van der Waals surface area contributed by atoms with E-state index in [1.807, 2.05) is 25.1 Å². The highest BCUT2D eigenvalue weighted by Gasteiger charge is 2.11. The van der Waals surface area contributed by atoms with E-state index in [9.17, 15) is 4.79 Å². The van der Waals surface area contributed by atoms with Gasteiger partial charge in [-0.25, -0.2) is 4.98 Å². The molecule has 0 fully saturated rings. The van der Waals surface area contributed by atoms with Gasteiger partial charge in [0, 0.05) is 15.8 Å². The van der Waals surface area contributed by atoms with Crippen LogP contribution >= 0.6 is 27.3 Å². The molecule has 1 heterocycles. The minimum Gasteiger partial charge on any atom is -0.398 e. The highest BCUT2D eigenvalue weighted by Crippen LogP contribution is 2.25. The first kappa shape index (κ1) is 14.0. The van der Waals surface area contributed by atoms with Crippen molar-refractivity contribution in [3.05, 3.63) is 51.4 Å². The number of nitrogen functional groups attached to an aromatic ring is 1. The monoisotopic (exact) mass is 361 g/mol. The highest BCUT2D eigenvalue weighted by atomic mass is 79.9. The SMILES string of the molecule is Cc1nc2ccc(NC(=O)c3ccc(Br)cc3N)cc2s1. The number of aryl methyl sites for hydroxylation is 1. The van der Waals surface area contributed by atoms with Crippen LogP contribution in [0.4, 0.5) is 11.4 Å². The molecule has 1 aromatic heterocycles. The van der Waals surface area contributed by atoms with Crippen LogP contribution in [0.2, 0.25) is 0 Å². The molecule has 0 saturated heterocycles. The van der Waals surface area contributed by atoms with Crippen molar-refractivity contribution in [1.29, 1.82) is 0 Å². The summed E-state index contributed by atoms with van der Waals surface area (Å²) in [5, 5.41) is 3.87. The summed E-state index contributed by atoms with van der Waals surface area (Å²) >= 11 is 4.93. The van der Waals surface area contributed by atoms with Gasteiger partial charge in [-0.3, -0.25) is 4.79 Å². The van der Waals surface area contributed by atoms with Gasteiger partial charge in [-0.1, -0.05) is 15.9 Å². The average Bonchev–Trinajstić information content (AvgIpc) is 2.77. The van der Waals surface area contributed by atoms with E-state index in [4.69, 9.17) is 5.73 Å². The van der Waals surface area contributed by atoms with E-state index in [1.165, 1.54) is 0 Å². The number of nitrogens with one attached hydrogen (secondary N) is 1. The number of carbonyl (C=O) groups is 1. The van der Waals surface area contributed by atoms with Crippen molar-refractivity contribution in [3.8, 4) is 0 Å². The minimum atomic E-state index is -0.222. The van der Waals surface area contributed by atoms with E-state index in [-0.39, 0.29) is 5.91 Å². The fourth-order valence-electron chi connectivity index (χ4n) is 2.06. The summed E-state index contributed by atoms with van der Waals surface area (Å²) < 4.78 is 1.90. The summed E-state index contributed by atoms with van der Waals surface area (Å²) in [5.41, 5.74) is 8.45. The lowest BCUT2D eigenvalue weighted by Crippen LogP contribution is -2.13. The van der Waals surface area contributed by atoms with Crippen molar-refractivity contribution in [1.82, 2.24) is 4.98 Å². The third-order valence-electron chi connectivity index (χ3n) is 3.01. The molecule has 2 aromatic carbocycles. The maximum Gasteiger partial charge on any atom is 0.257 e. The first-order valence-corrected chi connectivity index (χ1v) is 7.87. The van der Waals surface area contributed by atoms with Gasteiger partial charge in [-0.2, -0.15) is 0 Å². The molecule has 0 radical (unpaired) electrons. The third-order valence-corrected chi connectivity index (χ3v) is 4.44. The molecule has 0 aliphatic rings. The maximum atomic E-state index is 12.3. The van der Waals surface area contributed by atoms with Crippen molar-refractivity contribution in [2.75, 3.05) is 11.1 Å². The summed E-state index contributed by atoms with van der Waals surface area (Å²) in [5.74, 6) is -0.222. The maximum absolute atomic E-state index is 12.3. The molecule has 0 spiro atoms. The van der Waals surface area contributed by atoms with Gasteiger partial charge in [-0.05, 0) is 43.3 Å². The number of halogens is 1. The Kier molecular flexibility index (Phi) is 3.65. The summed E-state index contributed by atoms with van der Waals surface area (Å²) in [7, 11) is 0. The van der Waals surface area contributed by atoms with Gasteiger partial charge >= 0.3 is 0 Å². The summed E-state index contributed by atoms with van der Waals surface area (Å²) in [6, 6.07) is 10.9. The smallest absolute Gasteiger partial charge is 0.257 e. The third kappa shape index (κ3) is 2.91. The van der Waals surface area contributed by atoms with Crippen LogP contribution in [-0.4, -0.2) is 10.9 Å². The molecule has 1 amide bonds. The van der Waals surface area contributed by atoms with Gasteiger partial charge in [0.15, 0.2) is 0 Å². The minimum absolute atomic E-state index is 0.222. The summed E-state index contributed by atoms with van der Waals surface area (Å²) in [6.45, 7) is 1.96. The molecule has 106 valence electrons. The zero-order valence-electron chi connectivity index (χ0n) is 11.2. The molecule has 3 aromatic rings. The molecule has 0 saturated carbocycles. The molecule has 0 unspecified atom stereocenters. The van der Waals surface area contributed by atoms with Crippen molar-refractivity contribution in [2.24, 2.45) is 0 Å². The Morgan fingerprint density at radius 2 is 2.10 bits per heavy atom. The van der Waals surface area contributed by atoms with Crippen molar-refractivity contribution >= 4 is 54.8 Å². The number of hydrogen-bond donors (Lipinski definition) is 2. The Hall–Kier alpha value is -1.92. The molecule has 0 atom stereocenters. The Bertz CT molecular complexity index is 844. The summed E-state index contributed by atoms with van der Waals surface area (Å²) in [6.07, 6.45) is 0. The van der Waals surface area contributed by atoms with Crippen LogP contribution in [0.25, 0.3) is 10.2 Å². The quantitative estimate of drug-likeness (QED) is 0.672. The molecule has 6 heteroatoms. The van der Waals surface area contributed by atoms with Crippen LogP contribution in [0.1, 0.15) is 15.4 Å². The number of anilines is 2. The van der Waals surface area contributed by atoms with E-state index in [2.05, 4.69) is 26.2 Å². The van der Waals surface area contributed by atoms with Gasteiger partial charge in [0.05, 0.1) is 20.8 Å². The predicted octanol–water partition coefficient (Wildman–Crippen LogP) is 4.20. The Labute approximate surface area is 134 Å². The predicted molar refractivity (Wildman–Crippen MR) is 90.9 cm³/mol. The Balaban J connectivity index is 1.88. The van der Waals surface area contributed by atoms with E-state index >= 15 is 0 Å². The topological polar surface area (TPSA) is 68.0 Å². The molecule has 21 heavy (non-hydrogen) atoms. The molecule has 4 nitrogen and oxygen atoms in total. The van der Waals surface area contributed by atoms with Crippen LogP contribution in [0.3, 0.4) is 0 Å². The normalized spacial score (nSPS) is 10.8. The van der Waals surface area contributed by atoms with Gasteiger partial charge in [-0.15, -0.1) is 11.3 Å². The van der Waals surface area contributed by atoms with Crippen LogP contribution in [0.5, 0.6) is 0 Å². The van der Waals surface area contributed by atoms with Gasteiger partial charge in [0.25, 0.3) is 5.91 Å².